The van der Waals surface area contributed by atoms with Crippen LogP contribution in [0.3, 0.4) is 0 Å². The van der Waals surface area contributed by atoms with Gasteiger partial charge >= 0.3 is 0 Å². The lowest BCUT2D eigenvalue weighted by Gasteiger charge is -2.13. The molecule has 0 aromatic carbocycles. The van der Waals surface area contributed by atoms with Gasteiger partial charge in [-0.25, -0.2) is 9.97 Å². The van der Waals surface area contributed by atoms with Gasteiger partial charge in [-0.15, -0.1) is 0 Å². The first-order valence-electron chi connectivity index (χ1n) is 10.0. The second kappa shape index (κ2) is 8.02. The van der Waals surface area contributed by atoms with Gasteiger partial charge in [0, 0.05) is 32.1 Å². The Kier molecular flexibility index (Phi) is 5.28. The van der Waals surface area contributed by atoms with Gasteiger partial charge in [-0.05, 0) is 25.0 Å². The minimum absolute atomic E-state index is 0.0758. The zero-order chi connectivity index (χ0) is 20.4. The Labute approximate surface area is 168 Å². The number of pyridine rings is 2. The van der Waals surface area contributed by atoms with Gasteiger partial charge in [0.15, 0.2) is 5.82 Å². The summed E-state index contributed by atoms with van der Waals surface area (Å²) in [6.45, 7) is 3.10. The lowest BCUT2D eigenvalue weighted by molar-refractivity contribution is -0.125. The second-order valence-corrected chi connectivity index (χ2v) is 7.30. The molecule has 4 N–H and O–H groups in total. The van der Waals surface area contributed by atoms with Crippen molar-refractivity contribution >= 4 is 39.7 Å². The molecule has 1 aliphatic heterocycles. The van der Waals surface area contributed by atoms with Crippen molar-refractivity contribution in [3.8, 4) is 0 Å². The average Bonchev–Trinajstić information content (AvgIpc) is 3.31. The Balaban J connectivity index is 1.64. The highest BCUT2D eigenvalue weighted by molar-refractivity contribution is 6.04. The second-order valence-electron chi connectivity index (χ2n) is 7.30. The molecule has 3 aromatic heterocycles. The molecule has 0 spiro atoms. The lowest BCUT2D eigenvalue weighted by atomic mass is 10.2. The van der Waals surface area contributed by atoms with Crippen LogP contribution in [0, 0.1) is 0 Å². The molecule has 2 amide bonds. The predicted octanol–water partition coefficient (Wildman–Crippen LogP) is 1.30. The van der Waals surface area contributed by atoms with Crippen molar-refractivity contribution in [1.29, 1.82) is 0 Å². The summed E-state index contributed by atoms with van der Waals surface area (Å²) in [5.41, 5.74) is 9.15. The van der Waals surface area contributed by atoms with Crippen molar-refractivity contribution in [2.75, 3.05) is 12.3 Å². The molecular weight excluding hydrogens is 370 g/mol. The molecule has 4 rings (SSSR count). The summed E-state index contributed by atoms with van der Waals surface area (Å²) in [6, 6.07) is 3.27. The first kappa shape index (κ1) is 19.1. The number of nitrogens with zero attached hydrogens (tertiary/aromatic N) is 4. The molecule has 9 heteroatoms. The molecule has 1 fully saturated rings. The van der Waals surface area contributed by atoms with Gasteiger partial charge in [0.25, 0.3) is 0 Å². The number of unbranched alkanes of at least 4 members (excludes halogenated alkanes) is 1. The number of hydrogen-bond donors (Lipinski definition) is 3. The molecule has 1 aliphatic rings. The summed E-state index contributed by atoms with van der Waals surface area (Å²) in [4.78, 5) is 37.3. The van der Waals surface area contributed by atoms with Crippen LogP contribution >= 0.6 is 0 Å². The number of nitrogen functional groups attached to an aromatic ring is 1. The minimum atomic E-state index is -0.441. The maximum Gasteiger partial charge on any atom is 0.242 e. The third-order valence-corrected chi connectivity index (χ3v) is 5.24. The summed E-state index contributed by atoms with van der Waals surface area (Å²) in [7, 11) is 0. The molecule has 0 radical (unpaired) electrons. The van der Waals surface area contributed by atoms with E-state index in [0.717, 1.165) is 41.6 Å². The molecule has 4 heterocycles. The number of aryl methyl sites for hydroxylation is 1. The number of carbonyl (C=O) groups is 2. The smallest absolute Gasteiger partial charge is 0.242 e. The number of nitrogens with one attached hydrogen (secondary N) is 2. The number of amides is 2. The fourth-order valence-corrected chi connectivity index (χ4v) is 3.76. The monoisotopic (exact) mass is 395 g/mol. The lowest BCUT2D eigenvalue weighted by Crippen LogP contribution is -2.42. The van der Waals surface area contributed by atoms with Crippen molar-refractivity contribution in [1.82, 2.24) is 30.2 Å². The maximum atomic E-state index is 12.3. The highest BCUT2D eigenvalue weighted by atomic mass is 16.2. The number of imidazole rings is 1. The molecule has 0 bridgehead atoms. The van der Waals surface area contributed by atoms with E-state index in [4.69, 9.17) is 10.7 Å². The highest BCUT2D eigenvalue weighted by Crippen LogP contribution is 2.27. The van der Waals surface area contributed by atoms with Crippen LogP contribution in [0.2, 0.25) is 0 Å². The topological polar surface area (TPSA) is 128 Å². The third-order valence-electron chi connectivity index (χ3n) is 5.24. The zero-order valence-corrected chi connectivity index (χ0v) is 16.4. The summed E-state index contributed by atoms with van der Waals surface area (Å²) >= 11 is 0. The molecule has 1 unspecified atom stereocenters. The number of nitrogens with two attached hydrogens (primary N) is 1. The number of anilines is 1. The van der Waals surface area contributed by atoms with Crippen LogP contribution in [0.5, 0.6) is 0 Å². The molecule has 1 atom stereocenters. The van der Waals surface area contributed by atoms with Gasteiger partial charge in [-0.1, -0.05) is 13.3 Å². The highest BCUT2D eigenvalue weighted by Gasteiger charge is 2.27. The van der Waals surface area contributed by atoms with Crippen LogP contribution in [0.1, 0.15) is 38.4 Å². The molecule has 9 nitrogen and oxygen atoms in total. The first-order valence-corrected chi connectivity index (χ1v) is 10.0. The maximum absolute atomic E-state index is 12.3. The predicted molar refractivity (Wildman–Crippen MR) is 110 cm³/mol. The van der Waals surface area contributed by atoms with Crippen LogP contribution in [0.4, 0.5) is 5.82 Å². The fraction of sp³-hybridized carbons (Fsp3) is 0.450. The van der Waals surface area contributed by atoms with Crippen LogP contribution in [0.25, 0.3) is 22.1 Å². The fourth-order valence-electron chi connectivity index (χ4n) is 3.76. The van der Waals surface area contributed by atoms with E-state index in [0.29, 0.717) is 37.3 Å². The molecule has 29 heavy (non-hydrogen) atoms. The number of aromatic nitrogens is 4. The Bertz CT molecular complexity index is 1080. The van der Waals surface area contributed by atoms with E-state index in [-0.39, 0.29) is 11.8 Å². The minimum Gasteiger partial charge on any atom is -0.382 e. The van der Waals surface area contributed by atoms with Crippen LogP contribution in [-0.4, -0.2) is 43.9 Å². The Morgan fingerprint density at radius 1 is 1.38 bits per heavy atom. The number of carbonyl (C=O) groups excluding carboxylic acids is 2. The van der Waals surface area contributed by atoms with Gasteiger partial charge in [0.05, 0.1) is 5.52 Å². The Hall–Kier alpha value is -3.23. The van der Waals surface area contributed by atoms with E-state index in [1.165, 1.54) is 0 Å². The van der Waals surface area contributed by atoms with Gasteiger partial charge in [0.1, 0.15) is 28.4 Å². The standard InChI is InChI=1S/C20H25N7O2/c1-2-3-6-14-26-17-18(16-12(25-19(17)21)5-4-9-22-16)27(14)11-10-23-20(29)13-7-8-15(28)24-13/h4-5,9,13H,2-3,6-8,10-11H2,1H3,(H2,21,25)(H,23,29)(H,24,28). The molecule has 152 valence electrons. The van der Waals surface area contributed by atoms with E-state index >= 15 is 0 Å². The molecule has 3 aromatic rings. The number of fused-ring (bicyclic) bond motifs is 3. The average molecular weight is 395 g/mol. The number of rotatable bonds is 7. The van der Waals surface area contributed by atoms with Gasteiger partial charge in [0.2, 0.25) is 11.8 Å². The van der Waals surface area contributed by atoms with E-state index in [2.05, 4.69) is 32.1 Å². The largest absolute Gasteiger partial charge is 0.382 e. The molecule has 1 saturated heterocycles. The van der Waals surface area contributed by atoms with Crippen molar-refractivity contribution in [3.63, 3.8) is 0 Å². The molecular formula is C20H25N7O2. The van der Waals surface area contributed by atoms with Crippen LogP contribution < -0.4 is 16.4 Å². The van der Waals surface area contributed by atoms with Crippen molar-refractivity contribution in [3.05, 3.63) is 24.2 Å². The van der Waals surface area contributed by atoms with Gasteiger partial charge in [-0.2, -0.15) is 0 Å². The summed E-state index contributed by atoms with van der Waals surface area (Å²) in [5.74, 6) is 1.07. The molecule has 0 aliphatic carbocycles. The summed E-state index contributed by atoms with van der Waals surface area (Å²) in [5, 5.41) is 5.62. The van der Waals surface area contributed by atoms with E-state index < -0.39 is 6.04 Å². The summed E-state index contributed by atoms with van der Waals surface area (Å²) in [6.07, 6.45) is 5.53. The third kappa shape index (κ3) is 3.72. The van der Waals surface area contributed by atoms with Gasteiger partial charge in [-0.3, -0.25) is 14.6 Å². The Morgan fingerprint density at radius 3 is 3.00 bits per heavy atom. The van der Waals surface area contributed by atoms with E-state index in [9.17, 15) is 9.59 Å². The van der Waals surface area contributed by atoms with Crippen molar-refractivity contribution in [2.45, 2.75) is 51.6 Å². The first-order chi connectivity index (χ1) is 14.1. The quantitative estimate of drug-likeness (QED) is 0.553. The normalized spacial score (nSPS) is 16.4. The summed E-state index contributed by atoms with van der Waals surface area (Å²) < 4.78 is 2.09. The SMILES string of the molecule is CCCCc1nc2c(N)nc3cccnc3c2n1CCNC(=O)C1CCC(=O)N1. The van der Waals surface area contributed by atoms with Gasteiger partial charge < -0.3 is 20.9 Å². The Morgan fingerprint density at radius 2 is 2.24 bits per heavy atom. The van der Waals surface area contributed by atoms with Crippen molar-refractivity contribution < 1.29 is 9.59 Å². The molecule has 0 saturated carbocycles. The van der Waals surface area contributed by atoms with E-state index in [1.54, 1.807) is 6.20 Å². The van der Waals surface area contributed by atoms with E-state index in [1.807, 2.05) is 12.1 Å². The van der Waals surface area contributed by atoms with Crippen LogP contribution in [0.15, 0.2) is 18.3 Å². The zero-order valence-electron chi connectivity index (χ0n) is 16.4. The van der Waals surface area contributed by atoms with Crippen molar-refractivity contribution in [2.24, 2.45) is 0 Å². The number of hydrogen-bond acceptors (Lipinski definition) is 6. The van der Waals surface area contributed by atoms with Crippen LogP contribution in [-0.2, 0) is 22.6 Å².